The van der Waals surface area contributed by atoms with Gasteiger partial charge >= 0.3 is 0 Å². The van der Waals surface area contributed by atoms with Crippen molar-refractivity contribution in [3.8, 4) is 0 Å². The first kappa shape index (κ1) is 15.1. The number of fused-ring (bicyclic) bond motifs is 1. The maximum Gasteiger partial charge on any atom is 0.252 e. The monoisotopic (exact) mass is 328 g/mol. The van der Waals surface area contributed by atoms with E-state index in [2.05, 4.69) is 10.2 Å². The average molecular weight is 329 g/mol. The van der Waals surface area contributed by atoms with Crippen LogP contribution in [0.25, 0.3) is 0 Å². The molecule has 2 heterocycles. The fourth-order valence-electron chi connectivity index (χ4n) is 2.99. The molecule has 0 spiro atoms. The Kier molecular flexibility index (Phi) is 4.69. The summed E-state index contributed by atoms with van der Waals surface area (Å²) in [6.45, 7) is 3.27. The lowest BCUT2D eigenvalue weighted by Gasteiger charge is -2.35. The highest BCUT2D eigenvalue weighted by Gasteiger charge is 2.32. The summed E-state index contributed by atoms with van der Waals surface area (Å²) >= 11 is 12.0. The molecule has 1 aromatic rings. The van der Waals surface area contributed by atoms with E-state index in [1.807, 2.05) is 0 Å². The van der Waals surface area contributed by atoms with Crippen LogP contribution < -0.4 is 5.32 Å². The summed E-state index contributed by atoms with van der Waals surface area (Å²) in [5.74, 6) is -0.213. The fraction of sp³-hybridized carbons (Fsp3) is 0.533. The number of rotatable bonds is 3. The number of morpholine rings is 1. The lowest BCUT2D eigenvalue weighted by atomic mass is 10.1. The normalized spacial score (nSPS) is 25.6. The van der Waals surface area contributed by atoms with Crippen LogP contribution in [0.3, 0.4) is 0 Å². The number of ether oxygens (including phenoxy) is 1. The van der Waals surface area contributed by atoms with E-state index in [0.29, 0.717) is 28.2 Å². The van der Waals surface area contributed by atoms with Gasteiger partial charge in [0.2, 0.25) is 0 Å². The molecule has 0 aliphatic carbocycles. The Hall–Kier alpha value is -0.810. The van der Waals surface area contributed by atoms with Crippen molar-refractivity contribution >= 4 is 29.1 Å². The number of hydrogen-bond acceptors (Lipinski definition) is 3. The van der Waals surface area contributed by atoms with E-state index >= 15 is 0 Å². The molecule has 3 rings (SSSR count). The van der Waals surface area contributed by atoms with Gasteiger partial charge in [0.05, 0.1) is 28.3 Å². The van der Waals surface area contributed by atoms with E-state index in [1.54, 1.807) is 18.2 Å². The highest BCUT2D eigenvalue weighted by Crippen LogP contribution is 2.25. The molecule has 0 radical (unpaired) electrons. The summed E-state index contributed by atoms with van der Waals surface area (Å²) < 4.78 is 5.82. The van der Waals surface area contributed by atoms with Crippen LogP contribution in [0.15, 0.2) is 18.2 Å². The molecule has 2 fully saturated rings. The maximum atomic E-state index is 12.2. The second-order valence-corrected chi connectivity index (χ2v) is 6.34. The average Bonchev–Trinajstić information content (AvgIpc) is 2.95. The minimum Gasteiger partial charge on any atom is -0.373 e. The third-order valence-electron chi connectivity index (χ3n) is 4.15. The third kappa shape index (κ3) is 3.34. The number of benzene rings is 1. The predicted molar refractivity (Wildman–Crippen MR) is 83.1 cm³/mol. The van der Waals surface area contributed by atoms with Crippen molar-refractivity contribution in [2.75, 3.05) is 26.2 Å². The van der Waals surface area contributed by atoms with Gasteiger partial charge in [0.25, 0.3) is 5.91 Å². The SMILES string of the molecule is O=C(NCC1CN2CCCC2CO1)c1cccc(Cl)c1Cl. The van der Waals surface area contributed by atoms with Crippen LogP contribution >= 0.6 is 23.2 Å². The Bertz CT molecular complexity index is 538. The van der Waals surface area contributed by atoms with E-state index in [1.165, 1.54) is 12.8 Å². The summed E-state index contributed by atoms with van der Waals surface area (Å²) in [5.41, 5.74) is 0.402. The van der Waals surface area contributed by atoms with Gasteiger partial charge in [-0.1, -0.05) is 29.3 Å². The van der Waals surface area contributed by atoms with E-state index in [-0.39, 0.29) is 12.0 Å². The maximum absolute atomic E-state index is 12.2. The van der Waals surface area contributed by atoms with Crippen molar-refractivity contribution in [3.05, 3.63) is 33.8 Å². The summed E-state index contributed by atoms with van der Waals surface area (Å²) in [6, 6.07) is 5.62. The molecule has 2 unspecified atom stereocenters. The number of carbonyl (C=O) groups is 1. The van der Waals surface area contributed by atoms with Crippen molar-refractivity contribution in [1.82, 2.24) is 10.2 Å². The number of carbonyl (C=O) groups excluding carboxylic acids is 1. The number of hydrogen-bond donors (Lipinski definition) is 1. The third-order valence-corrected chi connectivity index (χ3v) is 4.97. The molecule has 0 aromatic heterocycles. The molecular formula is C15H18Cl2N2O2. The molecule has 1 amide bonds. The molecule has 2 aliphatic heterocycles. The Morgan fingerprint density at radius 1 is 1.43 bits per heavy atom. The smallest absolute Gasteiger partial charge is 0.252 e. The van der Waals surface area contributed by atoms with Crippen LogP contribution in [0.5, 0.6) is 0 Å². The molecule has 1 N–H and O–H groups in total. The Balaban J connectivity index is 1.55. The molecule has 2 saturated heterocycles. The van der Waals surface area contributed by atoms with Gasteiger partial charge in [-0.3, -0.25) is 9.69 Å². The molecule has 6 heteroatoms. The zero-order chi connectivity index (χ0) is 14.8. The number of nitrogens with one attached hydrogen (secondary N) is 1. The molecule has 0 saturated carbocycles. The van der Waals surface area contributed by atoms with Crippen LogP contribution in [0.2, 0.25) is 10.0 Å². The Morgan fingerprint density at radius 3 is 3.14 bits per heavy atom. The molecule has 2 aliphatic rings. The first-order valence-electron chi connectivity index (χ1n) is 7.23. The predicted octanol–water partition coefficient (Wildman–Crippen LogP) is 2.59. The van der Waals surface area contributed by atoms with Crippen molar-refractivity contribution in [3.63, 3.8) is 0 Å². The minimum absolute atomic E-state index is 0.0428. The highest BCUT2D eigenvalue weighted by molar-refractivity contribution is 6.43. The first-order chi connectivity index (χ1) is 10.1. The lowest BCUT2D eigenvalue weighted by Crippen LogP contribution is -2.50. The van der Waals surface area contributed by atoms with Gasteiger partial charge in [-0.25, -0.2) is 0 Å². The molecular weight excluding hydrogens is 311 g/mol. The summed E-state index contributed by atoms with van der Waals surface area (Å²) in [5, 5.41) is 3.56. The van der Waals surface area contributed by atoms with Crippen molar-refractivity contribution < 1.29 is 9.53 Å². The lowest BCUT2D eigenvalue weighted by molar-refractivity contribution is -0.0461. The summed E-state index contributed by atoms with van der Waals surface area (Å²) in [7, 11) is 0. The quantitative estimate of drug-likeness (QED) is 0.927. The van der Waals surface area contributed by atoms with Gasteiger partial charge in [-0.15, -0.1) is 0 Å². The Labute approximate surface area is 134 Å². The zero-order valence-corrected chi connectivity index (χ0v) is 13.2. The Morgan fingerprint density at radius 2 is 2.29 bits per heavy atom. The van der Waals surface area contributed by atoms with E-state index in [4.69, 9.17) is 27.9 Å². The molecule has 21 heavy (non-hydrogen) atoms. The number of halogens is 2. The summed E-state index contributed by atoms with van der Waals surface area (Å²) in [6.07, 6.45) is 2.50. The standard InChI is InChI=1S/C15H18Cl2N2O2/c16-13-5-1-4-12(14(13)17)15(20)18-7-11-8-19-6-2-3-10(19)9-21-11/h1,4-5,10-11H,2-3,6-9H2,(H,18,20). The van der Waals surface area contributed by atoms with Crippen molar-refractivity contribution in [2.45, 2.75) is 25.0 Å². The largest absolute Gasteiger partial charge is 0.373 e. The molecule has 114 valence electrons. The molecule has 4 nitrogen and oxygen atoms in total. The van der Waals surface area contributed by atoms with Gasteiger partial charge in [0.1, 0.15) is 0 Å². The number of nitrogens with zero attached hydrogens (tertiary/aromatic N) is 1. The van der Waals surface area contributed by atoms with Crippen molar-refractivity contribution in [1.29, 1.82) is 0 Å². The van der Waals surface area contributed by atoms with E-state index < -0.39 is 0 Å². The van der Waals surface area contributed by atoms with Gasteiger partial charge in [-0.2, -0.15) is 0 Å². The first-order valence-corrected chi connectivity index (χ1v) is 7.98. The van der Waals surface area contributed by atoms with Gasteiger partial charge < -0.3 is 10.1 Å². The van der Waals surface area contributed by atoms with Crippen LogP contribution in [0, 0.1) is 0 Å². The summed E-state index contributed by atoms with van der Waals surface area (Å²) in [4.78, 5) is 14.6. The molecule has 0 bridgehead atoms. The van der Waals surface area contributed by atoms with Gasteiger partial charge in [0.15, 0.2) is 0 Å². The van der Waals surface area contributed by atoms with Crippen LogP contribution in [-0.4, -0.2) is 49.2 Å². The zero-order valence-electron chi connectivity index (χ0n) is 11.6. The second-order valence-electron chi connectivity index (χ2n) is 5.56. The van der Waals surface area contributed by atoms with E-state index in [9.17, 15) is 4.79 Å². The minimum atomic E-state index is -0.213. The van der Waals surface area contributed by atoms with E-state index in [0.717, 1.165) is 19.7 Å². The van der Waals surface area contributed by atoms with Gasteiger partial charge in [-0.05, 0) is 31.5 Å². The van der Waals surface area contributed by atoms with Crippen LogP contribution in [0.4, 0.5) is 0 Å². The molecule has 1 aromatic carbocycles. The number of amides is 1. The van der Waals surface area contributed by atoms with Crippen molar-refractivity contribution in [2.24, 2.45) is 0 Å². The molecule has 2 atom stereocenters. The highest BCUT2D eigenvalue weighted by atomic mass is 35.5. The van der Waals surface area contributed by atoms with Crippen LogP contribution in [0.1, 0.15) is 23.2 Å². The second kappa shape index (κ2) is 6.53. The van der Waals surface area contributed by atoms with Gasteiger partial charge in [0, 0.05) is 19.1 Å². The topological polar surface area (TPSA) is 41.6 Å². The van der Waals surface area contributed by atoms with Crippen LogP contribution in [-0.2, 0) is 4.74 Å². The fourth-order valence-corrected chi connectivity index (χ4v) is 3.38.